The average Bonchev–Trinajstić information content (AvgIpc) is 2.74. The molecule has 1 fully saturated rings. The first-order valence-corrected chi connectivity index (χ1v) is 4.97. The first kappa shape index (κ1) is 8.11. The Kier molecular flexibility index (Phi) is 2.09. The highest BCUT2D eigenvalue weighted by Gasteiger charge is 2.37. The van der Waals surface area contributed by atoms with Crippen LogP contribution < -0.4 is 0 Å². The van der Waals surface area contributed by atoms with Crippen LogP contribution in [0.3, 0.4) is 0 Å². The van der Waals surface area contributed by atoms with Crippen LogP contribution in [-0.4, -0.2) is 9.55 Å². The highest BCUT2D eigenvalue weighted by atomic mass is 35.5. The molecule has 12 heavy (non-hydrogen) atoms. The highest BCUT2D eigenvalue weighted by molar-refractivity contribution is 6.16. The van der Waals surface area contributed by atoms with Crippen LogP contribution in [0, 0.1) is 5.92 Å². The monoisotopic (exact) mass is 184 g/mol. The number of rotatable bonds is 3. The minimum absolute atomic E-state index is 0.576. The van der Waals surface area contributed by atoms with Gasteiger partial charge in [0.15, 0.2) is 0 Å². The summed E-state index contributed by atoms with van der Waals surface area (Å²) in [6.07, 6.45) is 6.33. The van der Waals surface area contributed by atoms with Gasteiger partial charge in [0.25, 0.3) is 0 Å². The van der Waals surface area contributed by atoms with Gasteiger partial charge in [-0.05, 0) is 12.3 Å². The summed E-state index contributed by atoms with van der Waals surface area (Å²) >= 11 is 5.78. The molecule has 0 amide bonds. The second-order valence-corrected chi connectivity index (χ2v) is 3.66. The Morgan fingerprint density at radius 3 is 3.17 bits per heavy atom. The Morgan fingerprint density at radius 2 is 2.58 bits per heavy atom. The van der Waals surface area contributed by atoms with Crippen molar-refractivity contribution in [2.45, 2.75) is 31.7 Å². The van der Waals surface area contributed by atoms with Crippen LogP contribution in [0.2, 0.25) is 0 Å². The van der Waals surface area contributed by atoms with Gasteiger partial charge in [-0.2, -0.15) is 0 Å². The van der Waals surface area contributed by atoms with Crippen LogP contribution >= 0.6 is 11.6 Å². The molecule has 1 aliphatic rings. The predicted molar refractivity (Wildman–Crippen MR) is 49.2 cm³/mol. The number of hydrogen-bond donors (Lipinski definition) is 0. The van der Waals surface area contributed by atoms with Gasteiger partial charge in [-0.15, -0.1) is 11.6 Å². The second kappa shape index (κ2) is 3.09. The number of alkyl halides is 1. The van der Waals surface area contributed by atoms with E-state index in [2.05, 4.69) is 16.5 Å². The number of aromatic nitrogens is 2. The van der Waals surface area contributed by atoms with Gasteiger partial charge in [-0.1, -0.05) is 13.3 Å². The molecule has 1 aliphatic carbocycles. The maximum Gasteiger partial charge on any atom is 0.0951 e. The van der Waals surface area contributed by atoms with Crippen LogP contribution in [-0.2, 0) is 5.88 Å². The Balaban J connectivity index is 2.13. The largest absolute Gasteiger partial charge is 0.330 e. The summed E-state index contributed by atoms with van der Waals surface area (Å²) in [5, 5.41) is 0. The predicted octanol–water partition coefficient (Wildman–Crippen LogP) is 2.59. The van der Waals surface area contributed by atoms with Crippen molar-refractivity contribution in [1.82, 2.24) is 9.55 Å². The van der Waals surface area contributed by atoms with E-state index < -0.39 is 0 Å². The van der Waals surface area contributed by atoms with Gasteiger partial charge in [0.1, 0.15) is 0 Å². The lowest BCUT2D eigenvalue weighted by Crippen LogP contribution is -1.98. The molecule has 2 atom stereocenters. The standard InChI is InChI=1S/C9H13ClN2/c1-2-7-3-9(7)12-6-11-5-8(12)4-10/h5-7,9H,2-4H2,1H3. The van der Waals surface area contributed by atoms with Gasteiger partial charge in [-0.25, -0.2) is 4.98 Å². The Hall–Kier alpha value is -0.500. The van der Waals surface area contributed by atoms with Crippen LogP contribution in [0.5, 0.6) is 0 Å². The van der Waals surface area contributed by atoms with Gasteiger partial charge < -0.3 is 4.57 Å². The number of hydrogen-bond acceptors (Lipinski definition) is 1. The van der Waals surface area contributed by atoms with E-state index in [0.29, 0.717) is 11.9 Å². The molecule has 1 aromatic heterocycles. The summed E-state index contributed by atoms with van der Waals surface area (Å²) in [7, 11) is 0. The lowest BCUT2D eigenvalue weighted by molar-refractivity contribution is 0.626. The Morgan fingerprint density at radius 1 is 1.75 bits per heavy atom. The zero-order chi connectivity index (χ0) is 8.55. The summed E-state index contributed by atoms with van der Waals surface area (Å²) in [6, 6.07) is 0.686. The zero-order valence-corrected chi connectivity index (χ0v) is 7.96. The van der Waals surface area contributed by atoms with E-state index in [9.17, 15) is 0 Å². The fourth-order valence-electron chi connectivity index (χ4n) is 1.75. The van der Waals surface area contributed by atoms with E-state index in [-0.39, 0.29) is 0 Å². The lowest BCUT2D eigenvalue weighted by atomic mass is 10.3. The SMILES string of the molecule is CCC1CC1n1cncc1CCl. The number of imidazole rings is 1. The van der Waals surface area contributed by atoms with Crippen molar-refractivity contribution >= 4 is 11.6 Å². The molecule has 0 spiro atoms. The molecule has 0 aliphatic heterocycles. The summed E-state index contributed by atoms with van der Waals surface area (Å²) in [4.78, 5) is 4.10. The molecule has 0 radical (unpaired) electrons. The highest BCUT2D eigenvalue weighted by Crippen LogP contribution is 2.46. The van der Waals surface area contributed by atoms with Crippen LogP contribution in [0.25, 0.3) is 0 Å². The van der Waals surface area contributed by atoms with Crippen molar-refractivity contribution in [1.29, 1.82) is 0 Å². The third-order valence-corrected chi connectivity index (χ3v) is 2.92. The fraction of sp³-hybridized carbons (Fsp3) is 0.667. The number of nitrogens with zero attached hydrogens (tertiary/aromatic N) is 2. The molecule has 0 saturated heterocycles. The van der Waals surface area contributed by atoms with Crippen molar-refractivity contribution < 1.29 is 0 Å². The van der Waals surface area contributed by atoms with E-state index >= 15 is 0 Å². The average molecular weight is 185 g/mol. The third kappa shape index (κ3) is 1.24. The molecule has 1 saturated carbocycles. The molecular weight excluding hydrogens is 172 g/mol. The maximum absolute atomic E-state index is 5.78. The van der Waals surface area contributed by atoms with E-state index in [1.807, 2.05) is 12.5 Å². The molecule has 3 heteroatoms. The van der Waals surface area contributed by atoms with Gasteiger partial charge >= 0.3 is 0 Å². The van der Waals surface area contributed by atoms with Gasteiger partial charge in [0.05, 0.1) is 17.9 Å². The van der Waals surface area contributed by atoms with Crippen molar-refractivity contribution in [2.24, 2.45) is 5.92 Å². The Labute approximate surface area is 77.6 Å². The van der Waals surface area contributed by atoms with E-state index in [1.165, 1.54) is 12.8 Å². The quantitative estimate of drug-likeness (QED) is 0.661. The fourth-order valence-corrected chi connectivity index (χ4v) is 1.95. The van der Waals surface area contributed by atoms with Crippen molar-refractivity contribution in [3.63, 3.8) is 0 Å². The topological polar surface area (TPSA) is 17.8 Å². The van der Waals surface area contributed by atoms with Crippen LogP contribution in [0.4, 0.5) is 0 Å². The van der Waals surface area contributed by atoms with E-state index in [4.69, 9.17) is 11.6 Å². The van der Waals surface area contributed by atoms with Gasteiger partial charge in [0, 0.05) is 12.2 Å². The third-order valence-electron chi connectivity index (χ3n) is 2.65. The normalized spacial score (nSPS) is 27.5. The molecule has 1 heterocycles. The van der Waals surface area contributed by atoms with Crippen molar-refractivity contribution in [2.75, 3.05) is 0 Å². The maximum atomic E-state index is 5.78. The summed E-state index contributed by atoms with van der Waals surface area (Å²) < 4.78 is 2.22. The second-order valence-electron chi connectivity index (χ2n) is 3.40. The molecule has 0 aromatic carbocycles. The first-order valence-electron chi connectivity index (χ1n) is 4.43. The molecule has 66 valence electrons. The minimum Gasteiger partial charge on any atom is -0.330 e. The summed E-state index contributed by atoms with van der Waals surface area (Å²) in [5.74, 6) is 1.44. The molecule has 0 bridgehead atoms. The van der Waals surface area contributed by atoms with Crippen molar-refractivity contribution in [3.8, 4) is 0 Å². The summed E-state index contributed by atoms with van der Waals surface area (Å²) in [5.41, 5.74) is 1.15. The molecule has 2 unspecified atom stereocenters. The molecular formula is C9H13ClN2. The molecule has 2 nitrogen and oxygen atoms in total. The smallest absolute Gasteiger partial charge is 0.0951 e. The van der Waals surface area contributed by atoms with E-state index in [1.54, 1.807) is 0 Å². The molecule has 1 aromatic rings. The van der Waals surface area contributed by atoms with Gasteiger partial charge in [-0.3, -0.25) is 0 Å². The van der Waals surface area contributed by atoms with Crippen LogP contribution in [0.15, 0.2) is 12.5 Å². The zero-order valence-electron chi connectivity index (χ0n) is 7.20. The van der Waals surface area contributed by atoms with Crippen LogP contribution in [0.1, 0.15) is 31.5 Å². The molecule has 2 rings (SSSR count). The molecule has 0 N–H and O–H groups in total. The minimum atomic E-state index is 0.576. The lowest BCUT2D eigenvalue weighted by Gasteiger charge is -2.03. The number of halogens is 1. The first-order chi connectivity index (χ1) is 5.86. The Bertz CT molecular complexity index is 269. The van der Waals surface area contributed by atoms with E-state index in [0.717, 1.165) is 11.6 Å². The van der Waals surface area contributed by atoms with Crippen molar-refractivity contribution in [3.05, 3.63) is 18.2 Å². The summed E-state index contributed by atoms with van der Waals surface area (Å²) in [6.45, 7) is 2.24. The van der Waals surface area contributed by atoms with Gasteiger partial charge in [0.2, 0.25) is 0 Å².